The number of benzene rings is 4. The minimum atomic E-state index is -1.84. The van der Waals surface area contributed by atoms with E-state index in [1.54, 1.807) is 0 Å². The maximum absolute atomic E-state index is 9.86. The van der Waals surface area contributed by atoms with Crippen LogP contribution in [0.25, 0.3) is 27.6 Å². The quantitative estimate of drug-likeness (QED) is 0.151. The van der Waals surface area contributed by atoms with E-state index in [4.69, 9.17) is 9.72 Å². The number of aromatic nitrogens is 2. The van der Waals surface area contributed by atoms with Crippen molar-refractivity contribution in [3.05, 3.63) is 162 Å². The Hall–Kier alpha value is -5.95. The summed E-state index contributed by atoms with van der Waals surface area (Å²) in [4.78, 5) is 11.2. The van der Waals surface area contributed by atoms with Gasteiger partial charge in [-0.3, -0.25) is 4.57 Å². The van der Waals surface area contributed by atoms with E-state index >= 15 is 0 Å². The third-order valence-corrected chi connectivity index (χ3v) is 11.0. The third-order valence-electron chi connectivity index (χ3n) is 11.0. The summed E-state index contributed by atoms with van der Waals surface area (Å²) in [7, 11) is 0. The Bertz CT molecular complexity index is 2910. The number of rotatable bonds is 7. The zero-order chi connectivity index (χ0) is 44.9. The number of hydrogen-bond donors (Lipinski definition) is 0. The molecule has 0 amide bonds. The molecule has 0 spiro atoms. The van der Waals surface area contributed by atoms with Crippen molar-refractivity contribution >= 4 is 45.7 Å². The highest BCUT2D eigenvalue weighted by Crippen LogP contribution is 2.49. The number of nitrogens with zero attached hydrogens (tertiary/aromatic N) is 5. The molecule has 0 aliphatic carbocycles. The zero-order valence-corrected chi connectivity index (χ0v) is 35.7. The average Bonchev–Trinajstić information content (AvgIpc) is 3.78. The molecule has 0 unspecified atom stereocenters. The van der Waals surface area contributed by atoms with Crippen molar-refractivity contribution in [2.45, 2.75) is 80.5 Å². The van der Waals surface area contributed by atoms with E-state index in [9.17, 15) is 5.48 Å². The maximum atomic E-state index is 9.86. The number of ether oxygens (including phenoxy) is 1. The number of anilines is 3. The first-order valence-corrected chi connectivity index (χ1v) is 20.7. The first-order chi connectivity index (χ1) is 29.7. The minimum Gasteiger partial charge on any atom is -0.457 e. The van der Waals surface area contributed by atoms with E-state index in [1.807, 2.05) is 119 Å². The SMILES string of the molecule is [2H]C([2H])(C1=CN2C=CC=CB2C(C([2H])([2H])C(C)(C)C)=C1N1CN(c2cccc(Oc3ccc4c5ccccc5n(-c5cc(C(C)(C)C)ccn5)c4c3)c2)c2ccccc21)C(C)(C)C. The fourth-order valence-corrected chi connectivity index (χ4v) is 8.44. The van der Waals surface area contributed by atoms with Crippen LogP contribution in [0.3, 0.4) is 0 Å². The lowest BCUT2D eigenvalue weighted by Gasteiger charge is -2.41. The summed E-state index contributed by atoms with van der Waals surface area (Å²) in [5, 5.41) is 2.26. The third kappa shape index (κ3) is 7.48. The number of allylic oxidation sites excluding steroid dienone is 4. The van der Waals surface area contributed by atoms with Crippen LogP contribution in [0.1, 0.15) is 86.1 Å². The van der Waals surface area contributed by atoms with Gasteiger partial charge in [-0.15, -0.1) is 0 Å². The molecule has 0 atom stereocenters. The van der Waals surface area contributed by atoms with Crippen LogP contribution in [0.2, 0.25) is 0 Å². The molecule has 0 saturated heterocycles. The van der Waals surface area contributed by atoms with Crippen LogP contribution in [0.5, 0.6) is 11.5 Å². The van der Waals surface area contributed by atoms with Crippen LogP contribution in [0, 0.1) is 10.8 Å². The number of pyridine rings is 1. The lowest BCUT2D eigenvalue weighted by atomic mass is 9.48. The van der Waals surface area contributed by atoms with E-state index in [0.29, 0.717) is 34.9 Å². The van der Waals surface area contributed by atoms with Crippen molar-refractivity contribution in [1.82, 2.24) is 14.4 Å². The number of hydrogen-bond acceptors (Lipinski definition) is 5. The van der Waals surface area contributed by atoms with Crippen molar-refractivity contribution in [3.8, 4) is 17.3 Å². The topological polar surface area (TPSA) is 36.8 Å². The summed E-state index contributed by atoms with van der Waals surface area (Å²) in [5.41, 5.74) is 5.93. The highest BCUT2D eigenvalue weighted by Gasteiger charge is 2.40. The van der Waals surface area contributed by atoms with Crippen LogP contribution in [0.4, 0.5) is 17.1 Å². The van der Waals surface area contributed by atoms with E-state index < -0.39 is 30.4 Å². The van der Waals surface area contributed by atoms with E-state index in [0.717, 1.165) is 44.7 Å². The molecule has 0 radical (unpaired) electrons. The first-order valence-electron chi connectivity index (χ1n) is 22.7. The predicted octanol–water partition coefficient (Wildman–Crippen LogP) is 13.7. The second-order valence-corrected chi connectivity index (χ2v) is 18.9. The van der Waals surface area contributed by atoms with Crippen LogP contribution in [0.15, 0.2) is 157 Å². The monoisotopic (exact) mass is 781 g/mol. The molecule has 0 bridgehead atoms. The molecule has 6 aromatic rings. The second kappa shape index (κ2) is 14.4. The molecule has 0 N–H and O–H groups in total. The van der Waals surface area contributed by atoms with Gasteiger partial charge in [-0.25, -0.2) is 4.98 Å². The molecule has 5 heterocycles. The molecule has 3 aliphatic rings. The highest BCUT2D eigenvalue weighted by molar-refractivity contribution is 6.70. The predicted molar refractivity (Wildman–Crippen MR) is 249 cm³/mol. The van der Waals surface area contributed by atoms with Gasteiger partial charge in [0.15, 0.2) is 0 Å². The van der Waals surface area contributed by atoms with Gasteiger partial charge < -0.3 is 19.3 Å². The molecule has 298 valence electrons. The van der Waals surface area contributed by atoms with Gasteiger partial charge >= 0.3 is 6.85 Å². The van der Waals surface area contributed by atoms with E-state index in [-0.39, 0.29) is 5.41 Å². The van der Waals surface area contributed by atoms with Crippen LogP contribution in [-0.2, 0) is 5.41 Å². The molecular formula is C52H56BN5O. The van der Waals surface area contributed by atoms with Crippen LogP contribution in [-0.4, -0.2) is 27.9 Å². The van der Waals surface area contributed by atoms with Gasteiger partial charge in [0.2, 0.25) is 0 Å². The molecule has 9 rings (SSSR count). The molecule has 4 aromatic carbocycles. The summed E-state index contributed by atoms with van der Waals surface area (Å²) in [5.74, 6) is 4.24. The van der Waals surface area contributed by atoms with Gasteiger partial charge in [0.25, 0.3) is 0 Å². The second-order valence-electron chi connectivity index (χ2n) is 18.9. The summed E-state index contributed by atoms with van der Waals surface area (Å²) < 4.78 is 48.2. The van der Waals surface area contributed by atoms with Gasteiger partial charge in [0.05, 0.1) is 22.4 Å². The van der Waals surface area contributed by atoms with Crippen molar-refractivity contribution in [3.63, 3.8) is 0 Å². The van der Waals surface area contributed by atoms with Crippen molar-refractivity contribution in [1.29, 1.82) is 0 Å². The smallest absolute Gasteiger partial charge is 0.317 e. The molecule has 3 aliphatic heterocycles. The summed E-state index contributed by atoms with van der Waals surface area (Å²) in [6.07, 6.45) is 5.94. The Morgan fingerprint density at radius 2 is 1.41 bits per heavy atom. The van der Waals surface area contributed by atoms with Gasteiger partial charge in [-0.2, -0.15) is 0 Å². The lowest BCUT2D eigenvalue weighted by molar-refractivity contribution is 0.401. The zero-order valence-electron chi connectivity index (χ0n) is 39.7. The summed E-state index contributed by atoms with van der Waals surface area (Å²) in [6.45, 7) is 18.1. The standard InChI is InChI=1S/C52H56BN5O/c1-50(2,3)32-36-34-55-28-15-14-26-53(55)43(33-51(4,5)6)49(36)57-35-56(45-21-12-13-22-46(45)57)38-17-16-18-39(30-38)59-40-23-24-42-41-19-10-11-20-44(41)58(47(42)31-40)48-29-37(25-27-54-48)52(7,8)9/h10-31,34H,32-33,35H2,1-9H3/i32D2,33D2. The molecule has 59 heavy (non-hydrogen) atoms. The normalized spacial score (nSPS) is 17.2. The number of para-hydroxylation sites is 3. The molecule has 2 aromatic heterocycles. The van der Waals surface area contributed by atoms with Crippen LogP contribution < -0.4 is 14.5 Å². The highest BCUT2D eigenvalue weighted by atomic mass is 16.5. The van der Waals surface area contributed by atoms with Gasteiger partial charge in [0, 0.05) is 46.0 Å². The Labute approximate surface area is 356 Å². The molecular weight excluding hydrogens is 721 g/mol. The van der Waals surface area contributed by atoms with Crippen molar-refractivity contribution in [2.75, 3.05) is 16.5 Å². The maximum Gasteiger partial charge on any atom is 0.317 e. The van der Waals surface area contributed by atoms with Crippen molar-refractivity contribution < 1.29 is 10.2 Å². The first kappa shape index (κ1) is 34.0. The summed E-state index contributed by atoms with van der Waals surface area (Å²) >= 11 is 0. The van der Waals surface area contributed by atoms with Crippen LogP contribution >= 0.6 is 0 Å². The lowest BCUT2D eigenvalue weighted by Crippen LogP contribution is -2.43. The molecule has 6 nitrogen and oxygen atoms in total. The van der Waals surface area contributed by atoms with Gasteiger partial charge in [-0.05, 0) is 119 Å². The van der Waals surface area contributed by atoms with Gasteiger partial charge in [0.1, 0.15) is 24.0 Å². The average molecular weight is 782 g/mol. The Balaban J connectivity index is 1.13. The van der Waals surface area contributed by atoms with E-state index in [1.165, 1.54) is 5.56 Å². The fourth-order valence-electron chi connectivity index (χ4n) is 8.44. The number of fused-ring (bicyclic) bond motifs is 5. The Morgan fingerprint density at radius 1 is 0.695 bits per heavy atom. The van der Waals surface area contributed by atoms with E-state index in [2.05, 4.69) is 102 Å². The largest absolute Gasteiger partial charge is 0.457 e. The summed E-state index contributed by atoms with van der Waals surface area (Å²) in [6, 6.07) is 35.2. The molecule has 0 fully saturated rings. The minimum absolute atomic E-state index is 0.0384. The Kier molecular flexibility index (Phi) is 8.29. The fraction of sp³-hybridized carbons (Fsp3) is 0.288. The van der Waals surface area contributed by atoms with Gasteiger partial charge in [-0.1, -0.05) is 111 Å². The molecule has 0 saturated carbocycles. The van der Waals surface area contributed by atoms with Crippen molar-refractivity contribution in [2.24, 2.45) is 10.8 Å². The molecule has 7 heteroatoms. The Morgan fingerprint density at radius 3 is 2.17 bits per heavy atom.